The summed E-state index contributed by atoms with van der Waals surface area (Å²) in [5, 5.41) is 0. The van der Waals surface area contributed by atoms with Crippen molar-refractivity contribution < 1.29 is 14.3 Å². The summed E-state index contributed by atoms with van der Waals surface area (Å²) < 4.78 is 10.3. The first kappa shape index (κ1) is 10.7. The molecule has 0 aromatic heterocycles. The molecule has 1 aliphatic rings. The zero-order chi connectivity index (χ0) is 9.52. The Labute approximate surface area is 79.4 Å². The third-order valence-corrected chi connectivity index (χ3v) is 2.31. The SMILES string of the molecule is COCCCC(=O)C1CCCCO1. The molecule has 13 heavy (non-hydrogen) atoms. The van der Waals surface area contributed by atoms with Crippen LogP contribution in [0.3, 0.4) is 0 Å². The summed E-state index contributed by atoms with van der Waals surface area (Å²) in [6.07, 6.45) is 4.42. The van der Waals surface area contributed by atoms with E-state index in [2.05, 4.69) is 0 Å². The van der Waals surface area contributed by atoms with Gasteiger partial charge in [-0.15, -0.1) is 0 Å². The molecule has 1 aliphatic heterocycles. The van der Waals surface area contributed by atoms with Crippen LogP contribution < -0.4 is 0 Å². The van der Waals surface area contributed by atoms with Gasteiger partial charge in [0, 0.05) is 26.7 Å². The normalized spacial score (nSPS) is 23.0. The largest absolute Gasteiger partial charge is 0.385 e. The Balaban J connectivity index is 2.13. The van der Waals surface area contributed by atoms with E-state index in [0.29, 0.717) is 13.0 Å². The van der Waals surface area contributed by atoms with Gasteiger partial charge in [0.2, 0.25) is 0 Å². The lowest BCUT2D eigenvalue weighted by molar-refractivity contribution is -0.133. The number of hydrogen-bond donors (Lipinski definition) is 0. The molecule has 1 rings (SSSR count). The molecule has 1 saturated heterocycles. The second kappa shape index (κ2) is 6.11. The monoisotopic (exact) mass is 186 g/mol. The second-order valence-corrected chi connectivity index (χ2v) is 3.42. The van der Waals surface area contributed by atoms with Gasteiger partial charge in [-0.2, -0.15) is 0 Å². The van der Waals surface area contributed by atoms with Crippen LogP contribution in [0.5, 0.6) is 0 Å². The van der Waals surface area contributed by atoms with Crippen LogP contribution in [0.4, 0.5) is 0 Å². The van der Waals surface area contributed by atoms with Crippen molar-refractivity contribution in [2.24, 2.45) is 0 Å². The Morgan fingerprint density at radius 1 is 1.54 bits per heavy atom. The molecule has 0 radical (unpaired) electrons. The van der Waals surface area contributed by atoms with Gasteiger partial charge in [-0.05, 0) is 25.7 Å². The number of carbonyl (C=O) groups is 1. The first-order chi connectivity index (χ1) is 6.34. The molecule has 3 heteroatoms. The van der Waals surface area contributed by atoms with Gasteiger partial charge in [0.25, 0.3) is 0 Å². The van der Waals surface area contributed by atoms with Crippen molar-refractivity contribution in [3.8, 4) is 0 Å². The van der Waals surface area contributed by atoms with Gasteiger partial charge in [0.15, 0.2) is 5.78 Å². The van der Waals surface area contributed by atoms with Crippen LogP contribution in [-0.4, -0.2) is 32.2 Å². The molecule has 0 spiro atoms. The maximum atomic E-state index is 11.5. The molecule has 0 N–H and O–H groups in total. The van der Waals surface area contributed by atoms with Gasteiger partial charge in [-0.25, -0.2) is 0 Å². The molecule has 76 valence electrons. The molecule has 0 amide bonds. The Bertz CT molecular complexity index is 150. The molecule has 0 aliphatic carbocycles. The van der Waals surface area contributed by atoms with Gasteiger partial charge in [0.05, 0.1) is 0 Å². The molecular weight excluding hydrogens is 168 g/mol. The van der Waals surface area contributed by atoms with Gasteiger partial charge in [-0.1, -0.05) is 0 Å². The lowest BCUT2D eigenvalue weighted by Crippen LogP contribution is -2.28. The lowest BCUT2D eigenvalue weighted by Gasteiger charge is -2.21. The summed E-state index contributed by atoms with van der Waals surface area (Å²) in [5.41, 5.74) is 0. The Morgan fingerprint density at radius 3 is 3.00 bits per heavy atom. The molecular formula is C10H18O3. The molecule has 0 aromatic rings. The fourth-order valence-corrected chi connectivity index (χ4v) is 1.55. The van der Waals surface area contributed by atoms with E-state index in [9.17, 15) is 4.79 Å². The van der Waals surface area contributed by atoms with Crippen LogP contribution in [0, 0.1) is 0 Å². The van der Waals surface area contributed by atoms with Gasteiger partial charge in [0.1, 0.15) is 6.10 Å². The maximum Gasteiger partial charge on any atom is 0.161 e. The minimum absolute atomic E-state index is 0.120. The quantitative estimate of drug-likeness (QED) is 0.611. The lowest BCUT2D eigenvalue weighted by atomic mass is 10.0. The zero-order valence-electron chi connectivity index (χ0n) is 8.25. The predicted octanol–water partition coefficient (Wildman–Crippen LogP) is 1.55. The van der Waals surface area contributed by atoms with Gasteiger partial charge in [-0.3, -0.25) is 4.79 Å². The van der Waals surface area contributed by atoms with E-state index in [-0.39, 0.29) is 11.9 Å². The molecule has 0 aromatic carbocycles. The summed E-state index contributed by atoms with van der Waals surface area (Å²) in [5.74, 6) is 0.247. The van der Waals surface area contributed by atoms with Gasteiger partial charge >= 0.3 is 0 Å². The van der Waals surface area contributed by atoms with E-state index in [1.54, 1.807) is 7.11 Å². The molecule has 1 fully saturated rings. The molecule has 0 bridgehead atoms. The van der Waals surface area contributed by atoms with Gasteiger partial charge < -0.3 is 9.47 Å². The highest BCUT2D eigenvalue weighted by atomic mass is 16.5. The Kier molecular flexibility index (Phi) is 5.01. The van der Waals surface area contributed by atoms with Crippen molar-refractivity contribution in [1.82, 2.24) is 0 Å². The van der Waals surface area contributed by atoms with E-state index in [4.69, 9.17) is 9.47 Å². The van der Waals surface area contributed by atoms with Crippen molar-refractivity contribution >= 4 is 5.78 Å². The van der Waals surface area contributed by atoms with Crippen LogP contribution in [0.2, 0.25) is 0 Å². The third-order valence-electron chi connectivity index (χ3n) is 2.31. The first-order valence-corrected chi connectivity index (χ1v) is 4.98. The number of ketones is 1. The van der Waals surface area contributed by atoms with E-state index >= 15 is 0 Å². The van der Waals surface area contributed by atoms with Crippen LogP contribution in [0.25, 0.3) is 0 Å². The van der Waals surface area contributed by atoms with Crippen molar-refractivity contribution in [1.29, 1.82) is 0 Å². The molecule has 0 saturated carbocycles. The van der Waals surface area contributed by atoms with E-state index in [1.165, 1.54) is 0 Å². The minimum Gasteiger partial charge on any atom is -0.385 e. The van der Waals surface area contributed by atoms with Crippen molar-refractivity contribution in [3.63, 3.8) is 0 Å². The highest BCUT2D eigenvalue weighted by molar-refractivity contribution is 5.83. The first-order valence-electron chi connectivity index (χ1n) is 4.98. The fraction of sp³-hybridized carbons (Fsp3) is 0.900. The topological polar surface area (TPSA) is 35.5 Å². The summed E-state index contributed by atoms with van der Waals surface area (Å²) in [6, 6.07) is 0. The van der Waals surface area contributed by atoms with Crippen LogP contribution in [-0.2, 0) is 14.3 Å². The third kappa shape index (κ3) is 3.87. The highest BCUT2D eigenvalue weighted by Gasteiger charge is 2.20. The number of Topliss-reactive ketones (excluding diaryl/α,β-unsaturated/α-hetero) is 1. The number of methoxy groups -OCH3 is 1. The fourth-order valence-electron chi connectivity index (χ4n) is 1.55. The van der Waals surface area contributed by atoms with E-state index in [0.717, 1.165) is 32.3 Å². The van der Waals surface area contributed by atoms with E-state index < -0.39 is 0 Å². The maximum absolute atomic E-state index is 11.5. The summed E-state index contributed by atoms with van der Waals surface area (Å²) in [4.78, 5) is 11.5. The molecule has 1 unspecified atom stereocenters. The summed E-state index contributed by atoms with van der Waals surface area (Å²) >= 11 is 0. The van der Waals surface area contributed by atoms with Crippen molar-refractivity contribution in [3.05, 3.63) is 0 Å². The standard InChI is InChI=1S/C10H18O3/c1-12-7-4-5-9(11)10-6-2-3-8-13-10/h10H,2-8H2,1H3. The molecule has 3 nitrogen and oxygen atoms in total. The van der Waals surface area contributed by atoms with Crippen LogP contribution in [0.15, 0.2) is 0 Å². The number of carbonyl (C=O) groups excluding carboxylic acids is 1. The number of hydrogen-bond acceptors (Lipinski definition) is 3. The highest BCUT2D eigenvalue weighted by Crippen LogP contribution is 2.15. The molecule has 1 heterocycles. The van der Waals surface area contributed by atoms with Crippen molar-refractivity contribution in [2.75, 3.05) is 20.3 Å². The average Bonchev–Trinajstić information content (AvgIpc) is 2.19. The predicted molar refractivity (Wildman–Crippen MR) is 49.7 cm³/mol. The Morgan fingerprint density at radius 2 is 2.38 bits per heavy atom. The molecule has 1 atom stereocenters. The van der Waals surface area contributed by atoms with Crippen molar-refractivity contribution in [2.45, 2.75) is 38.2 Å². The van der Waals surface area contributed by atoms with Crippen LogP contribution in [0.1, 0.15) is 32.1 Å². The summed E-state index contributed by atoms with van der Waals surface area (Å²) in [7, 11) is 1.65. The van der Waals surface area contributed by atoms with Crippen LogP contribution >= 0.6 is 0 Å². The van der Waals surface area contributed by atoms with E-state index in [1.807, 2.05) is 0 Å². The number of rotatable bonds is 5. The number of ether oxygens (including phenoxy) is 2. The average molecular weight is 186 g/mol. The zero-order valence-corrected chi connectivity index (χ0v) is 8.25. The minimum atomic E-state index is -0.120. The smallest absolute Gasteiger partial charge is 0.161 e. The summed E-state index contributed by atoms with van der Waals surface area (Å²) in [6.45, 7) is 1.42. The second-order valence-electron chi connectivity index (χ2n) is 3.42. The Hall–Kier alpha value is -0.410.